The van der Waals surface area contributed by atoms with Crippen molar-refractivity contribution in [2.75, 3.05) is 4.72 Å². The van der Waals surface area contributed by atoms with Gasteiger partial charge in [-0.15, -0.1) is 0 Å². The van der Waals surface area contributed by atoms with Gasteiger partial charge in [-0.25, -0.2) is 13.1 Å². The van der Waals surface area contributed by atoms with Crippen LogP contribution in [0.4, 0.5) is 11.5 Å². The molecule has 0 spiro atoms. The Hall–Kier alpha value is -2.72. The number of nitro benzene ring substituents is 1. The standard InChI is InChI=1S/C18H15BrN4O4S/c19-15-11-13(9-10-17(15)23(24)25)28(26,27)21-18-14-7-4-8-16(14)20-22(18)12-5-2-1-3-6-12/h1-3,5-6,9-11,21H,4,7-8H2. The van der Waals surface area contributed by atoms with E-state index >= 15 is 0 Å². The molecule has 0 aliphatic heterocycles. The lowest BCUT2D eigenvalue weighted by Crippen LogP contribution is -2.17. The van der Waals surface area contributed by atoms with Crippen LogP contribution in [-0.4, -0.2) is 23.1 Å². The van der Waals surface area contributed by atoms with Crippen molar-refractivity contribution in [3.63, 3.8) is 0 Å². The van der Waals surface area contributed by atoms with E-state index in [-0.39, 0.29) is 15.1 Å². The zero-order valence-electron chi connectivity index (χ0n) is 14.5. The summed E-state index contributed by atoms with van der Waals surface area (Å²) >= 11 is 3.07. The van der Waals surface area contributed by atoms with Gasteiger partial charge in [-0.2, -0.15) is 5.10 Å². The summed E-state index contributed by atoms with van der Waals surface area (Å²) in [6.45, 7) is 0. The topological polar surface area (TPSA) is 107 Å². The van der Waals surface area contributed by atoms with Crippen molar-refractivity contribution < 1.29 is 13.3 Å². The molecule has 1 aliphatic carbocycles. The van der Waals surface area contributed by atoms with Gasteiger partial charge in [0.25, 0.3) is 15.7 Å². The molecule has 0 saturated carbocycles. The highest BCUT2D eigenvalue weighted by molar-refractivity contribution is 9.10. The van der Waals surface area contributed by atoms with Gasteiger partial charge in [-0.3, -0.25) is 14.8 Å². The SMILES string of the molecule is O=[N+]([O-])c1ccc(S(=O)(=O)Nc2c3c(nn2-c2ccccc2)CCC3)cc1Br. The summed E-state index contributed by atoms with van der Waals surface area (Å²) in [5.41, 5.74) is 2.31. The first kappa shape index (κ1) is 18.6. The molecule has 2 aromatic carbocycles. The zero-order valence-corrected chi connectivity index (χ0v) is 16.9. The number of aryl methyl sites for hydroxylation is 1. The van der Waals surface area contributed by atoms with Gasteiger partial charge in [0.2, 0.25) is 0 Å². The minimum atomic E-state index is -3.96. The van der Waals surface area contributed by atoms with Crippen molar-refractivity contribution in [2.45, 2.75) is 24.2 Å². The maximum atomic E-state index is 13.0. The van der Waals surface area contributed by atoms with Gasteiger partial charge in [-0.1, -0.05) is 18.2 Å². The molecule has 1 aromatic heterocycles. The molecule has 0 radical (unpaired) electrons. The number of nitrogens with zero attached hydrogens (tertiary/aromatic N) is 3. The summed E-state index contributed by atoms with van der Waals surface area (Å²) in [5.74, 6) is 0.410. The summed E-state index contributed by atoms with van der Waals surface area (Å²) in [6.07, 6.45) is 2.46. The number of hydrogen-bond donors (Lipinski definition) is 1. The zero-order chi connectivity index (χ0) is 19.9. The van der Waals surface area contributed by atoms with Crippen LogP contribution in [0.15, 0.2) is 57.9 Å². The molecular weight excluding hydrogens is 448 g/mol. The van der Waals surface area contributed by atoms with Gasteiger partial charge >= 0.3 is 0 Å². The third kappa shape index (κ3) is 3.29. The van der Waals surface area contributed by atoms with Crippen molar-refractivity contribution in [1.29, 1.82) is 0 Å². The maximum absolute atomic E-state index is 13.0. The Bertz CT molecular complexity index is 1180. The number of anilines is 1. The third-order valence-electron chi connectivity index (χ3n) is 4.57. The van der Waals surface area contributed by atoms with Crippen LogP contribution in [0, 0.1) is 10.1 Å². The van der Waals surface area contributed by atoms with Gasteiger partial charge in [0.1, 0.15) is 5.82 Å². The number of halogens is 1. The molecule has 1 aliphatic rings. The first-order valence-corrected chi connectivity index (χ1v) is 10.8. The quantitative estimate of drug-likeness (QED) is 0.457. The second-order valence-electron chi connectivity index (χ2n) is 6.35. The fourth-order valence-corrected chi connectivity index (χ4v) is 5.02. The largest absolute Gasteiger partial charge is 0.283 e. The molecule has 144 valence electrons. The fourth-order valence-electron chi connectivity index (χ4n) is 3.24. The van der Waals surface area contributed by atoms with Gasteiger partial charge < -0.3 is 0 Å². The Kier molecular flexibility index (Phi) is 4.68. The minimum absolute atomic E-state index is 0.0717. The molecule has 0 unspecified atom stereocenters. The van der Waals surface area contributed by atoms with Crippen LogP contribution in [0.2, 0.25) is 0 Å². The van der Waals surface area contributed by atoms with Crippen LogP contribution in [0.3, 0.4) is 0 Å². The average Bonchev–Trinajstić information content (AvgIpc) is 3.24. The number of fused-ring (bicyclic) bond motifs is 1. The highest BCUT2D eigenvalue weighted by atomic mass is 79.9. The summed E-state index contributed by atoms with van der Waals surface area (Å²) in [4.78, 5) is 10.3. The Morgan fingerprint density at radius 3 is 2.57 bits per heavy atom. The molecular formula is C18H15BrN4O4S. The van der Waals surface area contributed by atoms with Crippen molar-refractivity contribution in [3.05, 3.63) is 74.4 Å². The van der Waals surface area contributed by atoms with Gasteiger partial charge in [0.15, 0.2) is 0 Å². The molecule has 8 nitrogen and oxygen atoms in total. The number of nitrogens with one attached hydrogen (secondary N) is 1. The van der Waals surface area contributed by atoms with Crippen LogP contribution in [-0.2, 0) is 22.9 Å². The molecule has 10 heteroatoms. The van der Waals surface area contributed by atoms with Crippen molar-refractivity contribution in [3.8, 4) is 5.69 Å². The second kappa shape index (κ2) is 7.02. The molecule has 0 amide bonds. The second-order valence-corrected chi connectivity index (χ2v) is 8.89. The number of sulfonamides is 1. The number of para-hydroxylation sites is 1. The molecule has 0 saturated heterocycles. The number of benzene rings is 2. The number of rotatable bonds is 5. The first-order chi connectivity index (χ1) is 13.4. The van der Waals surface area contributed by atoms with E-state index in [9.17, 15) is 18.5 Å². The first-order valence-electron chi connectivity index (χ1n) is 8.50. The van der Waals surface area contributed by atoms with Crippen molar-refractivity contribution >= 4 is 37.5 Å². The maximum Gasteiger partial charge on any atom is 0.283 e. The van der Waals surface area contributed by atoms with E-state index in [0.717, 1.165) is 42.3 Å². The Labute approximate surface area is 169 Å². The van der Waals surface area contributed by atoms with Crippen molar-refractivity contribution in [2.24, 2.45) is 0 Å². The van der Waals surface area contributed by atoms with Gasteiger partial charge in [-0.05, 0) is 59.5 Å². The molecule has 4 rings (SSSR count). The van der Waals surface area contributed by atoms with E-state index in [1.165, 1.54) is 12.1 Å². The smallest absolute Gasteiger partial charge is 0.263 e. The van der Waals surface area contributed by atoms with Crippen molar-refractivity contribution in [1.82, 2.24) is 9.78 Å². The lowest BCUT2D eigenvalue weighted by atomic mass is 10.2. The van der Waals surface area contributed by atoms with Gasteiger partial charge in [0, 0.05) is 11.6 Å². The minimum Gasteiger partial charge on any atom is -0.263 e. The number of aromatic nitrogens is 2. The molecule has 1 N–H and O–H groups in total. The highest BCUT2D eigenvalue weighted by Crippen LogP contribution is 2.33. The van der Waals surface area contributed by atoms with E-state index in [0.29, 0.717) is 5.82 Å². The fraction of sp³-hybridized carbons (Fsp3) is 0.167. The van der Waals surface area contributed by atoms with E-state index in [1.807, 2.05) is 30.3 Å². The summed E-state index contributed by atoms with van der Waals surface area (Å²) in [5, 5.41) is 15.6. The monoisotopic (exact) mass is 462 g/mol. The summed E-state index contributed by atoms with van der Waals surface area (Å²) in [7, 11) is -3.96. The lowest BCUT2D eigenvalue weighted by molar-refractivity contribution is -0.385. The summed E-state index contributed by atoms with van der Waals surface area (Å²) in [6, 6.07) is 12.9. The van der Waals surface area contributed by atoms with E-state index in [2.05, 4.69) is 25.8 Å². The third-order valence-corrected chi connectivity index (χ3v) is 6.54. The van der Waals surface area contributed by atoms with Crippen LogP contribution < -0.4 is 4.72 Å². The van der Waals surface area contributed by atoms with E-state index < -0.39 is 14.9 Å². The molecule has 0 fully saturated rings. The van der Waals surface area contributed by atoms with Gasteiger partial charge in [0.05, 0.1) is 25.7 Å². The average molecular weight is 463 g/mol. The summed E-state index contributed by atoms with van der Waals surface area (Å²) < 4.78 is 30.3. The predicted octanol–water partition coefficient (Wildman–Crippen LogP) is 3.83. The number of hydrogen-bond acceptors (Lipinski definition) is 5. The normalized spacial score (nSPS) is 13.3. The van der Waals surface area contributed by atoms with E-state index in [4.69, 9.17) is 0 Å². The lowest BCUT2D eigenvalue weighted by Gasteiger charge is -2.13. The molecule has 28 heavy (non-hydrogen) atoms. The van der Waals surface area contributed by atoms with E-state index in [1.54, 1.807) is 4.68 Å². The number of nitro groups is 1. The molecule has 0 bridgehead atoms. The van der Waals surface area contributed by atoms with Crippen LogP contribution in [0.25, 0.3) is 5.69 Å². The van der Waals surface area contributed by atoms with Crippen LogP contribution in [0.5, 0.6) is 0 Å². The van der Waals surface area contributed by atoms with Crippen LogP contribution >= 0.6 is 15.9 Å². The highest BCUT2D eigenvalue weighted by Gasteiger charge is 2.27. The Balaban J connectivity index is 1.77. The van der Waals surface area contributed by atoms with Crippen LogP contribution in [0.1, 0.15) is 17.7 Å². The molecule has 0 atom stereocenters. The molecule has 1 heterocycles. The predicted molar refractivity (Wildman–Crippen MR) is 107 cm³/mol. The Morgan fingerprint density at radius 2 is 1.89 bits per heavy atom. The molecule has 3 aromatic rings. The Morgan fingerprint density at radius 1 is 1.14 bits per heavy atom.